The van der Waals surface area contributed by atoms with Gasteiger partial charge in [0.25, 0.3) is 0 Å². The Morgan fingerprint density at radius 2 is 1.94 bits per heavy atom. The maximum absolute atomic E-state index is 5.93. The average molecular weight is 305 g/mol. The van der Waals surface area contributed by atoms with Gasteiger partial charge < -0.3 is 5.32 Å². The van der Waals surface area contributed by atoms with E-state index in [0.717, 1.165) is 4.47 Å². The molecule has 5 heteroatoms. The monoisotopic (exact) mass is 303 g/mol. The molecule has 1 N–H and O–H groups in total. The Bertz CT molecular complexity index is 351. The van der Waals surface area contributed by atoms with Crippen LogP contribution in [0.15, 0.2) is 10.7 Å². The first kappa shape index (κ1) is 12.1. The third-order valence-corrected chi connectivity index (χ3v) is 3.99. The minimum Gasteiger partial charge on any atom is -0.351 e. The average Bonchev–Trinajstić information content (AvgIpc) is 2.52. The highest BCUT2D eigenvalue weighted by Gasteiger charge is 2.13. The van der Waals surface area contributed by atoms with Crippen molar-refractivity contribution in [1.29, 1.82) is 0 Å². The fourth-order valence-electron chi connectivity index (χ4n) is 2.02. The molecule has 0 unspecified atom stereocenters. The number of halogens is 2. The van der Waals surface area contributed by atoms with E-state index in [1.54, 1.807) is 6.20 Å². The zero-order valence-electron chi connectivity index (χ0n) is 9.05. The second-order valence-electron chi connectivity index (χ2n) is 4.17. The molecule has 16 heavy (non-hydrogen) atoms. The molecule has 1 saturated carbocycles. The summed E-state index contributed by atoms with van der Waals surface area (Å²) in [7, 11) is 0. The third kappa shape index (κ3) is 3.32. The SMILES string of the molecule is Clc1nc(NC2CCCCCC2)ncc1Br. The Kier molecular flexibility index (Phi) is 4.41. The molecule has 1 heterocycles. The van der Waals surface area contributed by atoms with Crippen LogP contribution in [0.3, 0.4) is 0 Å². The van der Waals surface area contributed by atoms with Crippen LogP contribution in [0.1, 0.15) is 38.5 Å². The van der Waals surface area contributed by atoms with Crippen molar-refractivity contribution in [3.8, 4) is 0 Å². The summed E-state index contributed by atoms with van der Waals surface area (Å²) < 4.78 is 0.737. The lowest BCUT2D eigenvalue weighted by Crippen LogP contribution is -2.19. The van der Waals surface area contributed by atoms with Gasteiger partial charge in [0, 0.05) is 12.2 Å². The van der Waals surface area contributed by atoms with Gasteiger partial charge in [-0.1, -0.05) is 37.3 Å². The van der Waals surface area contributed by atoms with Gasteiger partial charge in [0.2, 0.25) is 5.95 Å². The van der Waals surface area contributed by atoms with Gasteiger partial charge in [-0.15, -0.1) is 0 Å². The summed E-state index contributed by atoms with van der Waals surface area (Å²) in [6.45, 7) is 0. The smallest absolute Gasteiger partial charge is 0.224 e. The third-order valence-electron chi connectivity index (χ3n) is 2.89. The number of nitrogens with zero attached hydrogens (tertiary/aromatic N) is 2. The number of rotatable bonds is 2. The molecule has 3 nitrogen and oxygen atoms in total. The van der Waals surface area contributed by atoms with Crippen molar-refractivity contribution < 1.29 is 0 Å². The molecule has 0 atom stereocenters. The van der Waals surface area contributed by atoms with E-state index in [0.29, 0.717) is 17.1 Å². The second-order valence-corrected chi connectivity index (χ2v) is 5.38. The highest BCUT2D eigenvalue weighted by atomic mass is 79.9. The first-order valence-corrected chi connectivity index (χ1v) is 6.87. The van der Waals surface area contributed by atoms with E-state index < -0.39 is 0 Å². The van der Waals surface area contributed by atoms with Crippen molar-refractivity contribution in [2.24, 2.45) is 0 Å². The van der Waals surface area contributed by atoms with Crippen molar-refractivity contribution in [1.82, 2.24) is 9.97 Å². The molecule has 1 fully saturated rings. The highest BCUT2D eigenvalue weighted by molar-refractivity contribution is 9.10. The molecule has 0 bridgehead atoms. The molecule has 1 aliphatic rings. The first-order valence-electron chi connectivity index (χ1n) is 5.70. The molecule has 0 aromatic carbocycles. The largest absolute Gasteiger partial charge is 0.351 e. The molecule has 0 aliphatic heterocycles. The summed E-state index contributed by atoms with van der Waals surface area (Å²) in [5.74, 6) is 0.639. The summed E-state index contributed by atoms with van der Waals surface area (Å²) in [6.07, 6.45) is 9.38. The zero-order valence-corrected chi connectivity index (χ0v) is 11.4. The van der Waals surface area contributed by atoms with Crippen LogP contribution in [0.4, 0.5) is 5.95 Å². The number of anilines is 1. The van der Waals surface area contributed by atoms with Crippen molar-refractivity contribution >= 4 is 33.5 Å². The molecular weight excluding hydrogens is 289 g/mol. The minimum absolute atomic E-state index is 0.464. The maximum Gasteiger partial charge on any atom is 0.224 e. The normalized spacial score (nSPS) is 18.1. The van der Waals surface area contributed by atoms with Crippen LogP contribution in [0.5, 0.6) is 0 Å². The van der Waals surface area contributed by atoms with E-state index in [2.05, 4.69) is 31.2 Å². The standard InChI is InChI=1S/C11H15BrClN3/c12-9-7-14-11(16-10(9)13)15-8-5-3-1-2-4-6-8/h7-8H,1-6H2,(H,14,15,16). The van der Waals surface area contributed by atoms with E-state index in [9.17, 15) is 0 Å². The molecule has 0 saturated heterocycles. The van der Waals surface area contributed by atoms with E-state index in [1.807, 2.05) is 0 Å². The summed E-state index contributed by atoms with van der Waals surface area (Å²) in [5.41, 5.74) is 0. The molecule has 2 rings (SSSR count). The van der Waals surface area contributed by atoms with Gasteiger partial charge >= 0.3 is 0 Å². The lowest BCUT2D eigenvalue weighted by molar-refractivity contribution is 0.615. The van der Waals surface area contributed by atoms with Crippen LogP contribution in [0.25, 0.3) is 0 Å². The van der Waals surface area contributed by atoms with Gasteiger partial charge in [0.15, 0.2) is 0 Å². The van der Waals surface area contributed by atoms with Crippen LogP contribution < -0.4 is 5.32 Å². The molecule has 1 aromatic rings. The number of hydrogen-bond donors (Lipinski definition) is 1. The second kappa shape index (κ2) is 5.82. The zero-order chi connectivity index (χ0) is 11.4. The lowest BCUT2D eigenvalue weighted by Gasteiger charge is -2.15. The topological polar surface area (TPSA) is 37.8 Å². The van der Waals surface area contributed by atoms with Gasteiger partial charge in [-0.2, -0.15) is 4.98 Å². The summed E-state index contributed by atoms with van der Waals surface area (Å²) in [5, 5.41) is 3.83. The van der Waals surface area contributed by atoms with Crippen molar-refractivity contribution in [3.05, 3.63) is 15.8 Å². The summed E-state index contributed by atoms with van der Waals surface area (Å²) in [4.78, 5) is 8.40. The molecule has 0 amide bonds. The highest BCUT2D eigenvalue weighted by Crippen LogP contribution is 2.22. The molecule has 1 aromatic heterocycles. The van der Waals surface area contributed by atoms with E-state index >= 15 is 0 Å². The van der Waals surface area contributed by atoms with E-state index in [4.69, 9.17) is 11.6 Å². The Morgan fingerprint density at radius 1 is 1.25 bits per heavy atom. The lowest BCUT2D eigenvalue weighted by atomic mass is 10.1. The summed E-state index contributed by atoms with van der Waals surface area (Å²) >= 11 is 9.21. The van der Waals surface area contributed by atoms with Crippen LogP contribution in [0.2, 0.25) is 5.15 Å². The fraction of sp³-hybridized carbons (Fsp3) is 0.636. The van der Waals surface area contributed by atoms with Crippen molar-refractivity contribution in [2.75, 3.05) is 5.32 Å². The van der Waals surface area contributed by atoms with Gasteiger partial charge in [0.1, 0.15) is 5.15 Å². The van der Waals surface area contributed by atoms with Crippen LogP contribution in [-0.4, -0.2) is 16.0 Å². The van der Waals surface area contributed by atoms with E-state index in [-0.39, 0.29) is 0 Å². The number of hydrogen-bond acceptors (Lipinski definition) is 3. The molecular formula is C11H15BrClN3. The van der Waals surface area contributed by atoms with Crippen molar-refractivity contribution in [3.63, 3.8) is 0 Å². The van der Waals surface area contributed by atoms with Gasteiger partial charge in [-0.3, -0.25) is 0 Å². The predicted octanol–water partition coefficient (Wildman–Crippen LogP) is 4.03. The van der Waals surface area contributed by atoms with Crippen LogP contribution >= 0.6 is 27.5 Å². The molecule has 1 aliphatic carbocycles. The Balaban J connectivity index is 1.99. The Labute approximate surface area is 109 Å². The van der Waals surface area contributed by atoms with Crippen LogP contribution in [0, 0.1) is 0 Å². The maximum atomic E-state index is 5.93. The van der Waals surface area contributed by atoms with Gasteiger partial charge in [-0.25, -0.2) is 4.98 Å². The number of nitrogens with one attached hydrogen (secondary N) is 1. The Morgan fingerprint density at radius 3 is 2.56 bits per heavy atom. The van der Waals surface area contributed by atoms with Gasteiger partial charge in [-0.05, 0) is 28.8 Å². The van der Waals surface area contributed by atoms with E-state index in [1.165, 1.54) is 38.5 Å². The van der Waals surface area contributed by atoms with Crippen molar-refractivity contribution in [2.45, 2.75) is 44.6 Å². The molecule has 0 spiro atoms. The quantitative estimate of drug-likeness (QED) is 0.662. The molecule has 0 radical (unpaired) electrons. The first-order chi connectivity index (χ1) is 7.75. The summed E-state index contributed by atoms with van der Waals surface area (Å²) in [6, 6.07) is 0.500. The molecule has 88 valence electrons. The minimum atomic E-state index is 0.464. The fourth-order valence-corrected chi connectivity index (χ4v) is 2.34. The number of aromatic nitrogens is 2. The van der Waals surface area contributed by atoms with Crippen LogP contribution in [-0.2, 0) is 0 Å². The Hall–Kier alpha value is -0.350. The van der Waals surface area contributed by atoms with Gasteiger partial charge in [0.05, 0.1) is 4.47 Å². The predicted molar refractivity (Wildman–Crippen MR) is 69.9 cm³/mol.